The fourth-order valence-electron chi connectivity index (χ4n) is 2.25. The van der Waals surface area contributed by atoms with Gasteiger partial charge in [0.15, 0.2) is 11.5 Å². The summed E-state index contributed by atoms with van der Waals surface area (Å²) in [4.78, 5) is 12.1. The van der Waals surface area contributed by atoms with E-state index in [1.54, 1.807) is 18.2 Å². The van der Waals surface area contributed by atoms with E-state index in [0.29, 0.717) is 23.0 Å². The molecule has 0 aliphatic carbocycles. The first-order chi connectivity index (χ1) is 9.56. The van der Waals surface area contributed by atoms with Crippen LogP contribution >= 0.6 is 0 Å². The second-order valence-corrected chi connectivity index (χ2v) is 5.77. The summed E-state index contributed by atoms with van der Waals surface area (Å²) in [5.74, 6) is 2.00. The lowest BCUT2D eigenvalue weighted by atomic mass is 10.0. The summed E-state index contributed by atoms with van der Waals surface area (Å²) in [6.07, 6.45) is 3.35. The number of benzene rings is 1. The average Bonchev–Trinajstić information content (AvgIpc) is 2.85. The molecule has 1 N–H and O–H groups in total. The van der Waals surface area contributed by atoms with Crippen LogP contribution in [0.3, 0.4) is 0 Å². The Labute approximate surface area is 120 Å². The van der Waals surface area contributed by atoms with Gasteiger partial charge in [0.2, 0.25) is 6.79 Å². The highest BCUT2D eigenvalue weighted by Gasteiger charge is 2.17. The Morgan fingerprint density at radius 2 is 1.95 bits per heavy atom. The van der Waals surface area contributed by atoms with Gasteiger partial charge in [0.25, 0.3) is 5.91 Å². The number of ether oxygens (including phenoxy) is 2. The van der Waals surface area contributed by atoms with Crippen molar-refractivity contribution in [1.29, 1.82) is 0 Å². The molecule has 0 fully saturated rings. The number of hydrogen-bond acceptors (Lipinski definition) is 3. The van der Waals surface area contributed by atoms with E-state index in [0.717, 1.165) is 12.8 Å². The molecule has 0 saturated heterocycles. The minimum Gasteiger partial charge on any atom is -0.454 e. The Bertz CT molecular complexity index is 471. The zero-order valence-corrected chi connectivity index (χ0v) is 12.4. The van der Waals surface area contributed by atoms with Crippen molar-refractivity contribution in [2.75, 3.05) is 6.79 Å². The SMILES string of the molecule is CC(C)CCC[C@H](C)NC(=O)c1ccc2c(c1)OCO2. The predicted molar refractivity (Wildman–Crippen MR) is 78.2 cm³/mol. The molecule has 0 saturated carbocycles. The lowest BCUT2D eigenvalue weighted by Gasteiger charge is -2.14. The largest absolute Gasteiger partial charge is 0.454 e. The third kappa shape index (κ3) is 3.89. The molecule has 1 aliphatic rings. The number of rotatable bonds is 6. The third-order valence-corrected chi connectivity index (χ3v) is 3.43. The van der Waals surface area contributed by atoms with E-state index in [1.165, 1.54) is 6.42 Å². The maximum absolute atomic E-state index is 12.1. The monoisotopic (exact) mass is 277 g/mol. The molecule has 1 atom stereocenters. The molecule has 1 aromatic carbocycles. The van der Waals surface area contributed by atoms with Crippen molar-refractivity contribution in [2.45, 2.75) is 46.1 Å². The number of hydrogen-bond donors (Lipinski definition) is 1. The Morgan fingerprint density at radius 1 is 1.20 bits per heavy atom. The summed E-state index contributed by atoms with van der Waals surface area (Å²) in [5, 5.41) is 3.03. The van der Waals surface area contributed by atoms with Crippen LogP contribution in [0.25, 0.3) is 0 Å². The van der Waals surface area contributed by atoms with Gasteiger partial charge in [-0.25, -0.2) is 0 Å². The van der Waals surface area contributed by atoms with E-state index < -0.39 is 0 Å². The first-order valence-corrected chi connectivity index (χ1v) is 7.26. The van der Waals surface area contributed by atoms with E-state index in [-0.39, 0.29) is 18.7 Å². The van der Waals surface area contributed by atoms with Gasteiger partial charge < -0.3 is 14.8 Å². The maximum atomic E-state index is 12.1. The van der Waals surface area contributed by atoms with E-state index in [4.69, 9.17) is 9.47 Å². The Morgan fingerprint density at radius 3 is 2.70 bits per heavy atom. The molecule has 4 nitrogen and oxygen atoms in total. The molecular formula is C16H23NO3. The average molecular weight is 277 g/mol. The Balaban J connectivity index is 1.85. The quantitative estimate of drug-likeness (QED) is 0.867. The van der Waals surface area contributed by atoms with E-state index in [1.807, 2.05) is 6.92 Å². The van der Waals surface area contributed by atoms with Crippen LogP contribution in [0.1, 0.15) is 50.4 Å². The molecule has 4 heteroatoms. The van der Waals surface area contributed by atoms with E-state index >= 15 is 0 Å². The van der Waals surface area contributed by atoms with Crippen molar-refractivity contribution >= 4 is 5.91 Å². The summed E-state index contributed by atoms with van der Waals surface area (Å²) >= 11 is 0. The molecular weight excluding hydrogens is 254 g/mol. The molecule has 1 aliphatic heterocycles. The fourth-order valence-corrected chi connectivity index (χ4v) is 2.25. The number of nitrogens with one attached hydrogen (secondary N) is 1. The summed E-state index contributed by atoms with van der Waals surface area (Å²) in [5.41, 5.74) is 0.616. The Kier molecular flexibility index (Phi) is 4.88. The van der Waals surface area contributed by atoms with Gasteiger partial charge in [-0.3, -0.25) is 4.79 Å². The zero-order chi connectivity index (χ0) is 14.5. The van der Waals surface area contributed by atoms with Crippen LogP contribution < -0.4 is 14.8 Å². The highest BCUT2D eigenvalue weighted by Crippen LogP contribution is 2.32. The highest BCUT2D eigenvalue weighted by atomic mass is 16.7. The van der Waals surface area contributed by atoms with E-state index in [9.17, 15) is 4.79 Å². The normalized spacial score (nSPS) is 14.4. The molecule has 20 heavy (non-hydrogen) atoms. The first-order valence-electron chi connectivity index (χ1n) is 7.26. The van der Waals surface area contributed by atoms with Gasteiger partial charge in [-0.05, 0) is 37.5 Å². The van der Waals surface area contributed by atoms with Gasteiger partial charge in [0.05, 0.1) is 0 Å². The van der Waals surface area contributed by atoms with Gasteiger partial charge in [0, 0.05) is 11.6 Å². The molecule has 0 bridgehead atoms. The molecule has 0 radical (unpaired) electrons. The predicted octanol–water partition coefficient (Wildman–Crippen LogP) is 3.36. The van der Waals surface area contributed by atoms with Gasteiger partial charge in [-0.1, -0.05) is 26.7 Å². The molecule has 1 aromatic rings. The minimum atomic E-state index is -0.0552. The fraction of sp³-hybridized carbons (Fsp3) is 0.562. The second-order valence-electron chi connectivity index (χ2n) is 5.77. The highest BCUT2D eigenvalue weighted by molar-refractivity contribution is 5.95. The van der Waals surface area contributed by atoms with Crippen LogP contribution in [0, 0.1) is 5.92 Å². The van der Waals surface area contributed by atoms with Gasteiger partial charge in [0.1, 0.15) is 0 Å². The molecule has 0 aromatic heterocycles. The summed E-state index contributed by atoms with van der Waals surface area (Å²) in [7, 11) is 0. The topological polar surface area (TPSA) is 47.6 Å². The molecule has 0 unspecified atom stereocenters. The lowest BCUT2D eigenvalue weighted by molar-refractivity contribution is 0.0937. The van der Waals surface area contributed by atoms with E-state index in [2.05, 4.69) is 19.2 Å². The van der Waals surface area contributed by atoms with Crippen LogP contribution in [0.4, 0.5) is 0 Å². The van der Waals surface area contributed by atoms with Crippen molar-refractivity contribution in [2.24, 2.45) is 5.92 Å². The lowest BCUT2D eigenvalue weighted by Crippen LogP contribution is -2.32. The van der Waals surface area contributed by atoms with Crippen LogP contribution in [-0.2, 0) is 0 Å². The van der Waals surface area contributed by atoms with Gasteiger partial charge >= 0.3 is 0 Å². The number of amides is 1. The van der Waals surface area contributed by atoms with Crippen LogP contribution in [0.15, 0.2) is 18.2 Å². The minimum absolute atomic E-state index is 0.0552. The molecule has 1 amide bonds. The van der Waals surface area contributed by atoms with Crippen molar-refractivity contribution < 1.29 is 14.3 Å². The van der Waals surface area contributed by atoms with Crippen molar-refractivity contribution in [3.05, 3.63) is 23.8 Å². The molecule has 110 valence electrons. The number of carbonyl (C=O) groups excluding carboxylic acids is 1. The maximum Gasteiger partial charge on any atom is 0.251 e. The first kappa shape index (κ1) is 14.7. The number of fused-ring (bicyclic) bond motifs is 1. The van der Waals surface area contributed by atoms with Crippen molar-refractivity contribution in [3.8, 4) is 11.5 Å². The third-order valence-electron chi connectivity index (χ3n) is 3.43. The smallest absolute Gasteiger partial charge is 0.251 e. The Hall–Kier alpha value is -1.71. The summed E-state index contributed by atoms with van der Waals surface area (Å²) < 4.78 is 10.5. The molecule has 2 rings (SSSR count). The van der Waals surface area contributed by atoms with Crippen LogP contribution in [0.5, 0.6) is 11.5 Å². The standard InChI is InChI=1S/C16H23NO3/c1-11(2)5-4-6-12(3)17-16(18)13-7-8-14-15(9-13)20-10-19-14/h7-9,11-12H,4-6,10H2,1-3H3,(H,17,18)/t12-/m0/s1. The molecule has 0 spiro atoms. The van der Waals surface area contributed by atoms with Gasteiger partial charge in [-0.15, -0.1) is 0 Å². The second kappa shape index (κ2) is 6.64. The zero-order valence-electron chi connectivity index (χ0n) is 12.4. The molecule has 1 heterocycles. The van der Waals surface area contributed by atoms with Crippen molar-refractivity contribution in [1.82, 2.24) is 5.32 Å². The summed E-state index contributed by atoms with van der Waals surface area (Å²) in [6, 6.07) is 5.47. The number of carbonyl (C=O) groups is 1. The van der Waals surface area contributed by atoms with Crippen molar-refractivity contribution in [3.63, 3.8) is 0 Å². The van der Waals surface area contributed by atoms with Crippen LogP contribution in [-0.4, -0.2) is 18.7 Å². The van der Waals surface area contributed by atoms with Crippen LogP contribution in [0.2, 0.25) is 0 Å². The van der Waals surface area contributed by atoms with Gasteiger partial charge in [-0.2, -0.15) is 0 Å². The summed E-state index contributed by atoms with van der Waals surface area (Å²) in [6.45, 7) is 6.71.